The molecule has 0 radical (unpaired) electrons. The second-order valence-electron chi connectivity index (χ2n) is 5.74. The number of carbonyl (C=O) groups is 2. The zero-order valence-corrected chi connectivity index (χ0v) is 14.2. The molecule has 0 spiro atoms. The number of piperidine rings is 1. The summed E-state index contributed by atoms with van der Waals surface area (Å²) in [6.45, 7) is 1.58. The number of amides is 2. The standard InChI is InChI=1S/C19H20N2O2S/c22-18(11-10-15-7-6-14-24-15)20-17-9-3-2-8-16(17)19(23)21-12-4-1-5-13-21/h2-3,6-11,14H,1,4-5,12-13H2,(H,20,22). The van der Waals surface area contributed by atoms with Crippen molar-refractivity contribution >= 4 is 34.9 Å². The topological polar surface area (TPSA) is 49.4 Å². The molecular weight excluding hydrogens is 320 g/mol. The number of carbonyl (C=O) groups excluding carboxylic acids is 2. The van der Waals surface area contributed by atoms with Crippen LogP contribution >= 0.6 is 11.3 Å². The van der Waals surface area contributed by atoms with Crippen LogP contribution in [0.25, 0.3) is 6.08 Å². The lowest BCUT2D eigenvalue weighted by Crippen LogP contribution is -2.36. The van der Waals surface area contributed by atoms with Crippen molar-refractivity contribution in [2.45, 2.75) is 19.3 Å². The third-order valence-electron chi connectivity index (χ3n) is 4.00. The lowest BCUT2D eigenvalue weighted by molar-refractivity contribution is -0.111. The number of anilines is 1. The van der Waals surface area contributed by atoms with Gasteiger partial charge in [-0.15, -0.1) is 11.3 Å². The highest BCUT2D eigenvalue weighted by Gasteiger charge is 2.20. The van der Waals surface area contributed by atoms with Crippen LogP contribution in [0.3, 0.4) is 0 Å². The van der Waals surface area contributed by atoms with Gasteiger partial charge in [0.15, 0.2) is 0 Å². The predicted octanol–water partition coefficient (Wildman–Crippen LogP) is 4.03. The molecule has 1 aromatic heterocycles. The summed E-state index contributed by atoms with van der Waals surface area (Å²) in [6, 6.07) is 11.1. The van der Waals surface area contributed by atoms with E-state index in [9.17, 15) is 9.59 Å². The van der Waals surface area contributed by atoms with E-state index < -0.39 is 0 Å². The predicted molar refractivity (Wildman–Crippen MR) is 98.2 cm³/mol. The van der Waals surface area contributed by atoms with E-state index in [1.54, 1.807) is 29.5 Å². The van der Waals surface area contributed by atoms with Crippen molar-refractivity contribution < 1.29 is 9.59 Å². The largest absolute Gasteiger partial charge is 0.339 e. The Balaban J connectivity index is 1.71. The highest BCUT2D eigenvalue weighted by atomic mass is 32.1. The molecular formula is C19H20N2O2S. The van der Waals surface area contributed by atoms with Gasteiger partial charge in [-0.25, -0.2) is 0 Å². The van der Waals surface area contributed by atoms with Crippen molar-refractivity contribution in [3.05, 3.63) is 58.3 Å². The average molecular weight is 340 g/mol. The van der Waals surface area contributed by atoms with Crippen molar-refractivity contribution in [2.75, 3.05) is 18.4 Å². The number of thiophene rings is 1. The molecule has 2 aromatic rings. The van der Waals surface area contributed by atoms with Crippen molar-refractivity contribution in [3.8, 4) is 0 Å². The minimum atomic E-state index is -0.234. The highest BCUT2D eigenvalue weighted by Crippen LogP contribution is 2.20. The first-order valence-electron chi connectivity index (χ1n) is 8.15. The van der Waals surface area contributed by atoms with Crippen LogP contribution in [0.1, 0.15) is 34.5 Å². The number of rotatable bonds is 4. The lowest BCUT2D eigenvalue weighted by Gasteiger charge is -2.27. The Bertz CT molecular complexity index is 732. The molecule has 1 aliphatic rings. The highest BCUT2D eigenvalue weighted by molar-refractivity contribution is 7.10. The molecule has 24 heavy (non-hydrogen) atoms. The lowest BCUT2D eigenvalue weighted by atomic mass is 10.1. The van der Waals surface area contributed by atoms with E-state index in [1.807, 2.05) is 34.5 Å². The molecule has 0 unspecified atom stereocenters. The molecule has 0 aliphatic carbocycles. The molecule has 4 nitrogen and oxygen atoms in total. The summed E-state index contributed by atoms with van der Waals surface area (Å²) in [6.07, 6.45) is 6.53. The molecule has 124 valence electrons. The zero-order chi connectivity index (χ0) is 16.8. The summed E-state index contributed by atoms with van der Waals surface area (Å²) in [5, 5.41) is 4.79. The van der Waals surface area contributed by atoms with Gasteiger partial charge in [-0.2, -0.15) is 0 Å². The Morgan fingerprint density at radius 2 is 1.83 bits per heavy atom. The maximum atomic E-state index is 12.7. The van der Waals surface area contributed by atoms with Crippen molar-refractivity contribution in [1.29, 1.82) is 0 Å². The number of para-hydroxylation sites is 1. The SMILES string of the molecule is O=C(C=Cc1cccs1)Nc1ccccc1C(=O)N1CCCCC1. The summed E-state index contributed by atoms with van der Waals surface area (Å²) in [5.74, 6) is -0.241. The molecule has 1 fully saturated rings. The van der Waals surface area contributed by atoms with Crippen molar-refractivity contribution in [3.63, 3.8) is 0 Å². The zero-order valence-electron chi connectivity index (χ0n) is 13.4. The summed E-state index contributed by atoms with van der Waals surface area (Å²) in [5.41, 5.74) is 1.12. The van der Waals surface area contributed by atoms with Crippen LogP contribution in [0.4, 0.5) is 5.69 Å². The van der Waals surface area contributed by atoms with Gasteiger partial charge in [-0.1, -0.05) is 18.2 Å². The number of benzene rings is 1. The molecule has 1 aromatic carbocycles. The summed E-state index contributed by atoms with van der Waals surface area (Å²) >= 11 is 1.57. The number of nitrogens with zero attached hydrogens (tertiary/aromatic N) is 1. The van der Waals surface area contributed by atoms with Gasteiger partial charge in [0.2, 0.25) is 5.91 Å². The van der Waals surface area contributed by atoms with E-state index >= 15 is 0 Å². The van der Waals surface area contributed by atoms with Crippen LogP contribution in [0.5, 0.6) is 0 Å². The Morgan fingerprint density at radius 1 is 1.04 bits per heavy atom. The molecule has 1 aliphatic heterocycles. The van der Waals surface area contributed by atoms with E-state index in [2.05, 4.69) is 5.32 Å². The van der Waals surface area contributed by atoms with Crippen LogP contribution in [-0.2, 0) is 4.79 Å². The van der Waals surface area contributed by atoms with Gasteiger partial charge in [-0.3, -0.25) is 9.59 Å². The molecule has 1 N–H and O–H groups in total. The van der Waals surface area contributed by atoms with Crippen molar-refractivity contribution in [1.82, 2.24) is 4.90 Å². The minimum absolute atomic E-state index is 0.00663. The molecule has 5 heteroatoms. The van der Waals surface area contributed by atoms with Crippen LogP contribution in [0.2, 0.25) is 0 Å². The van der Waals surface area contributed by atoms with Crippen LogP contribution < -0.4 is 5.32 Å². The fourth-order valence-electron chi connectivity index (χ4n) is 2.76. The minimum Gasteiger partial charge on any atom is -0.339 e. The fourth-order valence-corrected chi connectivity index (χ4v) is 3.38. The van der Waals surface area contributed by atoms with Crippen molar-refractivity contribution in [2.24, 2.45) is 0 Å². The first-order valence-corrected chi connectivity index (χ1v) is 9.03. The molecule has 2 heterocycles. The van der Waals surface area contributed by atoms with Crippen LogP contribution in [0.15, 0.2) is 47.9 Å². The Morgan fingerprint density at radius 3 is 2.58 bits per heavy atom. The Labute approximate surface area is 145 Å². The van der Waals surface area contributed by atoms with Gasteiger partial charge in [0.25, 0.3) is 5.91 Å². The first kappa shape index (κ1) is 16.5. The molecule has 2 amide bonds. The third kappa shape index (κ3) is 4.11. The van der Waals surface area contributed by atoms with Gasteiger partial charge in [0, 0.05) is 24.0 Å². The number of likely N-dealkylation sites (tertiary alicyclic amines) is 1. The number of hydrogen-bond donors (Lipinski definition) is 1. The maximum Gasteiger partial charge on any atom is 0.255 e. The monoisotopic (exact) mass is 340 g/mol. The molecule has 0 saturated carbocycles. The number of hydrogen-bond acceptors (Lipinski definition) is 3. The van der Waals surface area contributed by atoms with Gasteiger partial charge < -0.3 is 10.2 Å². The van der Waals surface area contributed by atoms with E-state index in [1.165, 1.54) is 12.5 Å². The molecule has 0 bridgehead atoms. The molecule has 3 rings (SSSR count). The maximum absolute atomic E-state index is 12.7. The fraction of sp³-hybridized carbons (Fsp3) is 0.263. The van der Waals surface area contributed by atoms with E-state index in [-0.39, 0.29) is 11.8 Å². The van der Waals surface area contributed by atoms with Crippen LogP contribution in [-0.4, -0.2) is 29.8 Å². The van der Waals surface area contributed by atoms with Gasteiger partial charge in [0.05, 0.1) is 11.3 Å². The third-order valence-corrected chi connectivity index (χ3v) is 4.84. The summed E-state index contributed by atoms with van der Waals surface area (Å²) in [4.78, 5) is 27.7. The number of nitrogens with one attached hydrogen (secondary N) is 1. The van der Waals surface area contributed by atoms with Gasteiger partial charge in [-0.05, 0) is 48.9 Å². The first-order chi connectivity index (χ1) is 11.7. The second kappa shape index (κ2) is 7.93. The quantitative estimate of drug-likeness (QED) is 0.855. The second-order valence-corrected chi connectivity index (χ2v) is 6.72. The Kier molecular flexibility index (Phi) is 5.43. The van der Waals surface area contributed by atoms with Crippen LogP contribution in [0, 0.1) is 0 Å². The smallest absolute Gasteiger partial charge is 0.255 e. The Hall–Kier alpha value is -2.40. The molecule has 0 atom stereocenters. The van der Waals surface area contributed by atoms with Gasteiger partial charge >= 0.3 is 0 Å². The van der Waals surface area contributed by atoms with E-state index in [4.69, 9.17) is 0 Å². The van der Waals surface area contributed by atoms with Gasteiger partial charge in [0.1, 0.15) is 0 Å². The average Bonchev–Trinajstić information content (AvgIpc) is 3.14. The van der Waals surface area contributed by atoms with E-state index in [0.29, 0.717) is 11.3 Å². The summed E-state index contributed by atoms with van der Waals surface area (Å²) in [7, 11) is 0. The van der Waals surface area contributed by atoms with E-state index in [0.717, 1.165) is 30.8 Å². The molecule has 1 saturated heterocycles. The summed E-state index contributed by atoms with van der Waals surface area (Å²) < 4.78 is 0. The normalized spacial score (nSPS) is 14.8.